The molecule has 2 fully saturated rings. The van der Waals surface area contributed by atoms with Crippen LogP contribution in [0.25, 0.3) is 0 Å². The zero-order valence-electron chi connectivity index (χ0n) is 14.1. The molecule has 2 saturated heterocycles. The largest absolute Gasteiger partial charge is 0.378 e. The van der Waals surface area contributed by atoms with E-state index in [1.807, 2.05) is 0 Å². The standard InChI is InChI=1S/C18H28N4O/c1-15-6-8-22(9-7-15)18(19)20-14-16-2-4-17(5-3-16)21-10-12-23-13-11-21/h2-5,15H,6-14H2,1H3,(H2,19,20). The van der Waals surface area contributed by atoms with Crippen molar-refractivity contribution in [1.82, 2.24) is 4.90 Å². The third-order valence-electron chi connectivity index (χ3n) is 4.84. The third-order valence-corrected chi connectivity index (χ3v) is 4.84. The Morgan fingerprint density at radius 3 is 2.43 bits per heavy atom. The third kappa shape index (κ3) is 4.38. The number of piperidine rings is 1. The molecule has 1 aromatic rings. The molecule has 2 aliphatic rings. The maximum absolute atomic E-state index is 6.14. The lowest BCUT2D eigenvalue weighted by Crippen LogP contribution is -2.42. The molecule has 0 radical (unpaired) electrons. The van der Waals surface area contributed by atoms with Crippen molar-refractivity contribution in [2.45, 2.75) is 26.3 Å². The van der Waals surface area contributed by atoms with Crippen molar-refractivity contribution in [2.75, 3.05) is 44.3 Å². The maximum atomic E-state index is 6.14. The summed E-state index contributed by atoms with van der Waals surface area (Å²) in [6.45, 7) is 8.60. The van der Waals surface area contributed by atoms with Crippen molar-refractivity contribution in [3.8, 4) is 0 Å². The van der Waals surface area contributed by atoms with E-state index in [4.69, 9.17) is 10.5 Å². The van der Waals surface area contributed by atoms with Gasteiger partial charge in [-0.2, -0.15) is 0 Å². The summed E-state index contributed by atoms with van der Waals surface area (Å²) in [6, 6.07) is 8.66. The Balaban J connectivity index is 1.54. The first-order chi connectivity index (χ1) is 11.2. The molecule has 0 amide bonds. The Bertz CT molecular complexity index is 514. The quantitative estimate of drug-likeness (QED) is 0.685. The molecule has 23 heavy (non-hydrogen) atoms. The number of anilines is 1. The number of morpholine rings is 1. The van der Waals surface area contributed by atoms with Crippen molar-refractivity contribution in [3.05, 3.63) is 29.8 Å². The van der Waals surface area contributed by atoms with Crippen LogP contribution in [0.3, 0.4) is 0 Å². The molecule has 2 N–H and O–H groups in total. The number of aliphatic imine (C=N–C) groups is 1. The van der Waals surface area contributed by atoms with E-state index in [-0.39, 0.29) is 0 Å². The highest BCUT2D eigenvalue weighted by Crippen LogP contribution is 2.18. The molecular weight excluding hydrogens is 288 g/mol. The molecule has 0 atom stereocenters. The fourth-order valence-electron chi connectivity index (χ4n) is 3.14. The fourth-order valence-corrected chi connectivity index (χ4v) is 3.14. The minimum Gasteiger partial charge on any atom is -0.378 e. The second-order valence-corrected chi connectivity index (χ2v) is 6.61. The monoisotopic (exact) mass is 316 g/mol. The first-order valence-corrected chi connectivity index (χ1v) is 8.69. The van der Waals surface area contributed by atoms with Crippen molar-refractivity contribution < 1.29 is 4.74 Å². The molecule has 5 nitrogen and oxygen atoms in total. The van der Waals surface area contributed by atoms with Crippen LogP contribution in [-0.2, 0) is 11.3 Å². The van der Waals surface area contributed by atoms with Gasteiger partial charge in [0.05, 0.1) is 19.8 Å². The van der Waals surface area contributed by atoms with E-state index in [1.165, 1.54) is 24.1 Å². The maximum Gasteiger partial charge on any atom is 0.191 e. The average molecular weight is 316 g/mol. The number of benzene rings is 1. The van der Waals surface area contributed by atoms with Gasteiger partial charge in [0.1, 0.15) is 0 Å². The Hall–Kier alpha value is -1.75. The van der Waals surface area contributed by atoms with Crippen molar-refractivity contribution in [2.24, 2.45) is 16.6 Å². The number of rotatable bonds is 3. The Labute approximate surface area is 139 Å². The van der Waals surface area contributed by atoms with Gasteiger partial charge in [-0.05, 0) is 36.5 Å². The number of nitrogens with zero attached hydrogens (tertiary/aromatic N) is 3. The van der Waals surface area contributed by atoms with E-state index >= 15 is 0 Å². The summed E-state index contributed by atoms with van der Waals surface area (Å²) in [5.41, 5.74) is 8.61. The average Bonchev–Trinajstić information content (AvgIpc) is 2.61. The lowest BCUT2D eigenvalue weighted by molar-refractivity contribution is 0.122. The molecule has 5 heteroatoms. The van der Waals surface area contributed by atoms with Gasteiger partial charge in [0.2, 0.25) is 0 Å². The summed E-state index contributed by atoms with van der Waals surface area (Å²) in [5, 5.41) is 0. The van der Waals surface area contributed by atoms with Crippen LogP contribution in [0.15, 0.2) is 29.3 Å². The Kier molecular flexibility index (Phi) is 5.39. The molecule has 0 bridgehead atoms. The van der Waals surface area contributed by atoms with Crippen LogP contribution < -0.4 is 10.6 Å². The van der Waals surface area contributed by atoms with Gasteiger partial charge >= 0.3 is 0 Å². The number of nitrogens with two attached hydrogens (primary N) is 1. The molecule has 126 valence electrons. The molecule has 0 aromatic heterocycles. The molecule has 0 unspecified atom stereocenters. The number of hydrogen-bond acceptors (Lipinski definition) is 3. The first-order valence-electron chi connectivity index (χ1n) is 8.69. The summed E-state index contributed by atoms with van der Waals surface area (Å²) in [7, 11) is 0. The van der Waals surface area contributed by atoms with Crippen molar-refractivity contribution >= 4 is 11.6 Å². The van der Waals surface area contributed by atoms with Crippen LogP contribution in [0.2, 0.25) is 0 Å². The molecule has 2 heterocycles. The minimum atomic E-state index is 0.654. The number of guanidine groups is 1. The van der Waals surface area contributed by atoms with Gasteiger partial charge in [0, 0.05) is 31.9 Å². The molecule has 0 spiro atoms. The van der Waals surface area contributed by atoms with Crippen LogP contribution in [0.5, 0.6) is 0 Å². The highest BCUT2D eigenvalue weighted by molar-refractivity contribution is 5.78. The molecule has 0 aliphatic carbocycles. The van der Waals surface area contributed by atoms with Crippen LogP contribution in [0.4, 0.5) is 5.69 Å². The van der Waals surface area contributed by atoms with Gasteiger partial charge in [-0.1, -0.05) is 19.1 Å². The summed E-state index contributed by atoms with van der Waals surface area (Å²) >= 11 is 0. The molecule has 3 rings (SSSR count). The van der Waals surface area contributed by atoms with E-state index in [2.05, 4.69) is 46.0 Å². The lowest BCUT2D eigenvalue weighted by atomic mass is 10.00. The van der Waals surface area contributed by atoms with Gasteiger partial charge in [0.25, 0.3) is 0 Å². The minimum absolute atomic E-state index is 0.654. The predicted molar refractivity (Wildman–Crippen MR) is 94.8 cm³/mol. The second-order valence-electron chi connectivity index (χ2n) is 6.61. The van der Waals surface area contributed by atoms with Gasteiger partial charge in [-0.15, -0.1) is 0 Å². The van der Waals surface area contributed by atoms with Gasteiger partial charge in [-0.3, -0.25) is 0 Å². The summed E-state index contributed by atoms with van der Waals surface area (Å²) < 4.78 is 5.40. The van der Waals surface area contributed by atoms with E-state index in [1.54, 1.807) is 0 Å². The van der Waals surface area contributed by atoms with Crippen molar-refractivity contribution in [3.63, 3.8) is 0 Å². The van der Waals surface area contributed by atoms with E-state index in [0.29, 0.717) is 12.5 Å². The summed E-state index contributed by atoms with van der Waals surface area (Å²) in [6.07, 6.45) is 2.43. The van der Waals surface area contributed by atoms with Gasteiger partial charge in [0.15, 0.2) is 5.96 Å². The van der Waals surface area contributed by atoms with E-state index in [9.17, 15) is 0 Å². The van der Waals surface area contributed by atoms with Gasteiger partial charge < -0.3 is 20.3 Å². The highest BCUT2D eigenvalue weighted by Gasteiger charge is 2.16. The molecule has 0 saturated carbocycles. The Morgan fingerprint density at radius 2 is 1.78 bits per heavy atom. The SMILES string of the molecule is CC1CCN(C(N)=NCc2ccc(N3CCOCC3)cc2)CC1. The molecular formula is C18H28N4O. The predicted octanol–water partition coefficient (Wildman–Crippen LogP) is 2.07. The highest BCUT2D eigenvalue weighted by atomic mass is 16.5. The van der Waals surface area contributed by atoms with Crippen molar-refractivity contribution in [1.29, 1.82) is 0 Å². The zero-order valence-corrected chi connectivity index (χ0v) is 14.1. The molecule has 1 aromatic carbocycles. The topological polar surface area (TPSA) is 54.1 Å². The zero-order chi connectivity index (χ0) is 16.1. The van der Waals surface area contributed by atoms with E-state index < -0.39 is 0 Å². The van der Waals surface area contributed by atoms with Crippen LogP contribution >= 0.6 is 0 Å². The molecule has 2 aliphatic heterocycles. The number of likely N-dealkylation sites (tertiary alicyclic amines) is 1. The van der Waals surface area contributed by atoms with Crippen LogP contribution in [-0.4, -0.2) is 50.3 Å². The smallest absolute Gasteiger partial charge is 0.191 e. The second kappa shape index (κ2) is 7.68. The fraction of sp³-hybridized carbons (Fsp3) is 0.611. The van der Waals surface area contributed by atoms with Crippen LogP contribution in [0, 0.1) is 5.92 Å². The normalized spacial score (nSPS) is 20.8. The summed E-state index contributed by atoms with van der Waals surface area (Å²) in [5.74, 6) is 1.50. The van der Waals surface area contributed by atoms with E-state index in [0.717, 1.165) is 45.3 Å². The van der Waals surface area contributed by atoms with Gasteiger partial charge in [-0.25, -0.2) is 4.99 Å². The lowest BCUT2D eigenvalue weighted by Gasteiger charge is -2.31. The number of hydrogen-bond donors (Lipinski definition) is 1. The first kappa shape index (κ1) is 16.1. The Morgan fingerprint density at radius 1 is 1.13 bits per heavy atom. The number of ether oxygens (including phenoxy) is 1. The summed E-state index contributed by atoms with van der Waals surface area (Å²) in [4.78, 5) is 9.14. The van der Waals surface area contributed by atoms with Crippen LogP contribution in [0.1, 0.15) is 25.3 Å².